The Balaban J connectivity index is 2.11. The van der Waals surface area contributed by atoms with E-state index in [9.17, 15) is 24.6 Å². The van der Waals surface area contributed by atoms with Crippen molar-refractivity contribution in [3.8, 4) is 0 Å². The Bertz CT molecular complexity index is 551. The van der Waals surface area contributed by atoms with Crippen molar-refractivity contribution in [2.45, 2.75) is 69.7 Å². The zero-order valence-electron chi connectivity index (χ0n) is 16.7. The Hall–Kier alpha value is -1.67. The number of hydrogen-bond donors (Lipinski definition) is 3. The molecule has 8 heteroatoms. The highest BCUT2D eigenvalue weighted by molar-refractivity contribution is 5.90. The molecule has 1 unspecified atom stereocenters. The molecule has 0 aromatic heterocycles. The zero-order valence-corrected chi connectivity index (χ0v) is 16.7. The van der Waals surface area contributed by atoms with Gasteiger partial charge in [0.1, 0.15) is 5.54 Å². The number of nitrogens with one attached hydrogen (secondary N) is 1. The molecule has 2 aliphatic rings. The number of carbonyl (C=O) groups is 3. The number of carboxylic acid groups (broad SMARTS) is 2. The molecule has 0 heterocycles. The quantitative estimate of drug-likeness (QED) is 0.455. The van der Waals surface area contributed by atoms with Gasteiger partial charge in [-0.25, -0.2) is 4.79 Å². The van der Waals surface area contributed by atoms with Gasteiger partial charge in [0.25, 0.3) is 0 Å². The first-order chi connectivity index (χ1) is 13.4. The predicted molar refractivity (Wildman–Crippen MR) is 101 cm³/mol. The molecule has 0 aliphatic heterocycles. The van der Waals surface area contributed by atoms with Crippen molar-refractivity contribution < 1.29 is 34.1 Å². The van der Waals surface area contributed by atoms with Gasteiger partial charge in [-0.1, -0.05) is 32.1 Å². The highest BCUT2D eigenvalue weighted by Crippen LogP contribution is 2.44. The SMILES string of the molecule is COCCOCC(CC1(C(=O)NC2(C(=O)O)CCCCC2)CCCC1)C(=O)O. The van der Waals surface area contributed by atoms with E-state index >= 15 is 0 Å². The first-order valence-electron chi connectivity index (χ1n) is 10.2. The van der Waals surface area contributed by atoms with E-state index in [0.717, 1.165) is 32.1 Å². The molecule has 8 nitrogen and oxygen atoms in total. The summed E-state index contributed by atoms with van der Waals surface area (Å²) >= 11 is 0. The van der Waals surface area contributed by atoms with Crippen LogP contribution in [0.15, 0.2) is 0 Å². The Morgan fingerprint density at radius 2 is 1.57 bits per heavy atom. The Morgan fingerprint density at radius 1 is 0.964 bits per heavy atom. The molecule has 2 fully saturated rings. The first kappa shape index (κ1) is 22.6. The molecule has 2 aliphatic carbocycles. The molecule has 0 radical (unpaired) electrons. The van der Waals surface area contributed by atoms with E-state index in [4.69, 9.17) is 9.47 Å². The fourth-order valence-corrected chi connectivity index (χ4v) is 4.53. The second kappa shape index (κ2) is 10.2. The molecule has 0 aromatic carbocycles. The molecule has 0 spiro atoms. The molecule has 3 N–H and O–H groups in total. The lowest BCUT2D eigenvalue weighted by Gasteiger charge is -2.38. The number of amides is 1. The number of methoxy groups -OCH3 is 1. The van der Waals surface area contributed by atoms with E-state index in [2.05, 4.69) is 5.32 Å². The molecular formula is C20H33NO7. The summed E-state index contributed by atoms with van der Waals surface area (Å²) in [6.45, 7) is 0.679. The highest BCUT2D eigenvalue weighted by Gasteiger charge is 2.49. The average Bonchev–Trinajstić information content (AvgIpc) is 3.14. The van der Waals surface area contributed by atoms with Crippen LogP contribution in [0.25, 0.3) is 0 Å². The van der Waals surface area contributed by atoms with Gasteiger partial charge in [0.2, 0.25) is 5.91 Å². The van der Waals surface area contributed by atoms with Crippen LogP contribution >= 0.6 is 0 Å². The Labute approximate surface area is 166 Å². The number of carbonyl (C=O) groups excluding carboxylic acids is 1. The van der Waals surface area contributed by atoms with E-state index in [1.807, 2.05) is 0 Å². The summed E-state index contributed by atoms with van der Waals surface area (Å²) < 4.78 is 10.3. The summed E-state index contributed by atoms with van der Waals surface area (Å²) in [7, 11) is 1.54. The van der Waals surface area contributed by atoms with E-state index in [1.165, 1.54) is 0 Å². The van der Waals surface area contributed by atoms with Crippen molar-refractivity contribution in [1.82, 2.24) is 5.32 Å². The zero-order chi connectivity index (χ0) is 20.6. The minimum absolute atomic E-state index is 0.0117. The number of aliphatic carboxylic acids is 2. The molecule has 2 rings (SSSR count). The van der Waals surface area contributed by atoms with Gasteiger partial charge in [-0.05, 0) is 32.1 Å². The molecular weight excluding hydrogens is 366 g/mol. The molecule has 1 atom stereocenters. The number of ether oxygens (including phenoxy) is 2. The largest absolute Gasteiger partial charge is 0.481 e. The molecule has 0 aromatic rings. The minimum atomic E-state index is -1.22. The maximum Gasteiger partial charge on any atom is 0.329 e. The molecule has 28 heavy (non-hydrogen) atoms. The fourth-order valence-electron chi connectivity index (χ4n) is 4.53. The van der Waals surface area contributed by atoms with Crippen LogP contribution in [0.4, 0.5) is 0 Å². The summed E-state index contributed by atoms with van der Waals surface area (Å²) in [5.41, 5.74) is -2.06. The number of rotatable bonds is 11. The third-order valence-corrected chi connectivity index (χ3v) is 6.25. The third kappa shape index (κ3) is 5.44. The average molecular weight is 399 g/mol. The molecule has 0 bridgehead atoms. The van der Waals surface area contributed by atoms with Crippen LogP contribution < -0.4 is 5.32 Å². The van der Waals surface area contributed by atoms with Gasteiger partial charge < -0.3 is 25.0 Å². The lowest BCUT2D eigenvalue weighted by Crippen LogP contribution is -2.59. The van der Waals surface area contributed by atoms with Gasteiger partial charge in [-0.3, -0.25) is 9.59 Å². The van der Waals surface area contributed by atoms with Gasteiger partial charge in [0.05, 0.1) is 31.2 Å². The maximum absolute atomic E-state index is 13.3. The summed E-state index contributed by atoms with van der Waals surface area (Å²) in [6.07, 6.45) is 6.35. The van der Waals surface area contributed by atoms with Crippen molar-refractivity contribution in [2.24, 2.45) is 11.3 Å². The molecule has 1 amide bonds. The third-order valence-electron chi connectivity index (χ3n) is 6.25. The van der Waals surface area contributed by atoms with E-state index in [1.54, 1.807) is 7.11 Å². The van der Waals surface area contributed by atoms with Gasteiger partial charge in [0.15, 0.2) is 0 Å². The summed E-state index contributed by atoms with van der Waals surface area (Å²) in [6, 6.07) is 0. The first-order valence-corrected chi connectivity index (χ1v) is 10.2. The van der Waals surface area contributed by atoms with Gasteiger partial charge in [-0.15, -0.1) is 0 Å². The summed E-state index contributed by atoms with van der Waals surface area (Å²) in [5.74, 6) is -3.11. The molecule has 2 saturated carbocycles. The normalized spacial score (nSPS) is 21.8. The van der Waals surface area contributed by atoms with Crippen molar-refractivity contribution in [2.75, 3.05) is 26.9 Å². The molecule has 160 valence electrons. The van der Waals surface area contributed by atoms with Crippen LogP contribution in [0.2, 0.25) is 0 Å². The molecule has 0 saturated heterocycles. The van der Waals surface area contributed by atoms with Crippen LogP contribution in [0.1, 0.15) is 64.2 Å². The van der Waals surface area contributed by atoms with Gasteiger partial charge >= 0.3 is 11.9 Å². The van der Waals surface area contributed by atoms with Crippen molar-refractivity contribution in [3.05, 3.63) is 0 Å². The van der Waals surface area contributed by atoms with E-state index < -0.39 is 28.8 Å². The second-order valence-electron chi connectivity index (χ2n) is 8.20. The minimum Gasteiger partial charge on any atom is -0.481 e. The van der Waals surface area contributed by atoms with Crippen LogP contribution in [0.5, 0.6) is 0 Å². The van der Waals surface area contributed by atoms with Crippen molar-refractivity contribution >= 4 is 17.8 Å². The topological polar surface area (TPSA) is 122 Å². The summed E-state index contributed by atoms with van der Waals surface area (Å²) in [5, 5.41) is 22.2. The van der Waals surface area contributed by atoms with Crippen LogP contribution in [0, 0.1) is 11.3 Å². The summed E-state index contributed by atoms with van der Waals surface area (Å²) in [4.78, 5) is 36.9. The number of carboxylic acids is 2. The van der Waals surface area contributed by atoms with Crippen molar-refractivity contribution in [1.29, 1.82) is 0 Å². The standard InChI is InChI=1S/C20H33NO7/c1-27-11-12-28-14-15(16(22)23)13-19(7-5-6-8-19)17(24)21-20(18(25)26)9-3-2-4-10-20/h15H,2-14H2,1H3,(H,21,24)(H,22,23)(H,25,26). The lowest BCUT2D eigenvalue weighted by molar-refractivity contribution is -0.153. The second-order valence-corrected chi connectivity index (χ2v) is 8.20. The van der Waals surface area contributed by atoms with Crippen LogP contribution in [-0.2, 0) is 23.9 Å². The van der Waals surface area contributed by atoms with Crippen LogP contribution in [0.3, 0.4) is 0 Å². The van der Waals surface area contributed by atoms with E-state index in [-0.39, 0.29) is 18.9 Å². The smallest absolute Gasteiger partial charge is 0.329 e. The predicted octanol–water partition coefficient (Wildman–Crippen LogP) is 2.20. The highest BCUT2D eigenvalue weighted by atomic mass is 16.5. The van der Waals surface area contributed by atoms with Gasteiger partial charge in [0, 0.05) is 7.11 Å². The van der Waals surface area contributed by atoms with Crippen molar-refractivity contribution in [3.63, 3.8) is 0 Å². The van der Waals surface area contributed by atoms with E-state index in [0.29, 0.717) is 38.9 Å². The Morgan fingerprint density at radius 3 is 2.11 bits per heavy atom. The maximum atomic E-state index is 13.3. The number of hydrogen-bond acceptors (Lipinski definition) is 5. The Kier molecular flexibility index (Phi) is 8.24. The van der Waals surface area contributed by atoms with Crippen LogP contribution in [-0.4, -0.2) is 60.5 Å². The van der Waals surface area contributed by atoms with Gasteiger partial charge in [-0.2, -0.15) is 0 Å². The fraction of sp³-hybridized carbons (Fsp3) is 0.850. The lowest BCUT2D eigenvalue weighted by atomic mass is 9.75. The monoisotopic (exact) mass is 399 g/mol.